The van der Waals surface area contributed by atoms with Crippen LogP contribution in [0, 0.1) is 6.92 Å². The predicted molar refractivity (Wildman–Crippen MR) is 134 cm³/mol. The molecular formula is C23H20N4O8S2. The number of nitrogens with zero attached hydrogens (tertiary/aromatic N) is 4. The summed E-state index contributed by atoms with van der Waals surface area (Å²) in [6, 6.07) is 10.1. The number of hydrazone groups is 1. The van der Waals surface area contributed by atoms with E-state index >= 15 is 0 Å². The first-order chi connectivity index (χ1) is 17.3. The van der Waals surface area contributed by atoms with Crippen LogP contribution in [-0.4, -0.2) is 52.4 Å². The van der Waals surface area contributed by atoms with Crippen molar-refractivity contribution in [2.24, 2.45) is 5.10 Å². The highest BCUT2D eigenvalue weighted by atomic mass is 32.2. The number of hydrogen-bond acceptors (Lipinski definition) is 8. The number of allylic oxidation sites excluding steroid dienone is 2. The Balaban J connectivity index is 1.56. The second-order valence-electron chi connectivity index (χ2n) is 7.91. The summed E-state index contributed by atoms with van der Waals surface area (Å²) >= 11 is 0. The zero-order chi connectivity index (χ0) is 27.1. The van der Waals surface area contributed by atoms with Crippen molar-refractivity contribution in [1.82, 2.24) is 9.78 Å². The Hall–Kier alpha value is -4.11. The number of aromatic hydroxyl groups is 1. The van der Waals surface area contributed by atoms with Crippen molar-refractivity contribution in [2.45, 2.75) is 23.6 Å². The molecule has 3 aromatic rings. The molecule has 0 atom stereocenters. The van der Waals surface area contributed by atoms with Gasteiger partial charge in [-0.3, -0.25) is 13.9 Å². The Kier molecular flexibility index (Phi) is 6.60. The highest BCUT2D eigenvalue weighted by Crippen LogP contribution is 2.28. The highest BCUT2D eigenvalue weighted by molar-refractivity contribution is 7.86. The quantitative estimate of drug-likeness (QED) is 0.311. The number of rotatable bonds is 6. The van der Waals surface area contributed by atoms with Crippen LogP contribution in [0.1, 0.15) is 18.2 Å². The van der Waals surface area contributed by atoms with Gasteiger partial charge in [0.05, 0.1) is 43.7 Å². The van der Waals surface area contributed by atoms with Gasteiger partial charge in [0.2, 0.25) is 5.88 Å². The Morgan fingerprint density at radius 2 is 1.35 bits per heavy atom. The van der Waals surface area contributed by atoms with Crippen molar-refractivity contribution in [3.05, 3.63) is 77.5 Å². The smallest absolute Gasteiger partial charge is 0.294 e. The molecular weight excluding hydrogens is 524 g/mol. The van der Waals surface area contributed by atoms with Gasteiger partial charge in [0.25, 0.3) is 26.1 Å². The second-order valence-corrected chi connectivity index (χ2v) is 10.8. The van der Waals surface area contributed by atoms with Gasteiger partial charge in [0.15, 0.2) is 0 Å². The number of carbonyl (C=O) groups excluding carboxylic acids is 1. The highest BCUT2D eigenvalue weighted by Gasteiger charge is 2.28. The minimum atomic E-state index is -4.37. The van der Waals surface area contributed by atoms with E-state index in [1.165, 1.54) is 59.3 Å². The summed E-state index contributed by atoms with van der Waals surface area (Å²) in [6.45, 7) is 3.28. The van der Waals surface area contributed by atoms with E-state index in [0.717, 1.165) is 17.1 Å². The third-order valence-electron chi connectivity index (χ3n) is 5.43. The molecule has 14 heteroatoms. The minimum absolute atomic E-state index is 0.226. The van der Waals surface area contributed by atoms with Crippen LogP contribution >= 0.6 is 0 Å². The van der Waals surface area contributed by atoms with Crippen LogP contribution in [-0.2, 0) is 25.0 Å². The molecule has 0 saturated heterocycles. The lowest BCUT2D eigenvalue weighted by Gasteiger charge is -2.11. The lowest BCUT2D eigenvalue weighted by Crippen LogP contribution is -2.21. The van der Waals surface area contributed by atoms with Gasteiger partial charge in [-0.2, -0.15) is 32.0 Å². The van der Waals surface area contributed by atoms with E-state index in [-0.39, 0.29) is 21.2 Å². The number of carbonyl (C=O) groups is 1. The van der Waals surface area contributed by atoms with Gasteiger partial charge in [-0.25, -0.2) is 4.68 Å². The maximum absolute atomic E-state index is 12.9. The molecule has 1 aliphatic rings. The molecule has 0 fully saturated rings. The number of aryl methyl sites for hydroxylation is 1. The van der Waals surface area contributed by atoms with Crippen LogP contribution in [0.15, 0.2) is 81.1 Å². The molecule has 0 bridgehead atoms. The SMILES string of the molecule is CC1=NN(c2ccc(S(=O)(=O)O)cc2)C(=O)/C1=C\C=Cc1c(C)nn(-c2ccc(S(=O)(=O)O)cc2)c1O. The fourth-order valence-corrected chi connectivity index (χ4v) is 4.51. The van der Waals surface area contributed by atoms with E-state index in [2.05, 4.69) is 10.2 Å². The number of anilines is 1. The normalized spacial score (nSPS) is 15.7. The minimum Gasteiger partial charge on any atom is -0.493 e. The molecule has 2 aromatic carbocycles. The van der Waals surface area contributed by atoms with E-state index < -0.39 is 26.1 Å². The second kappa shape index (κ2) is 9.40. The average Bonchev–Trinajstić information content (AvgIpc) is 3.28. The maximum Gasteiger partial charge on any atom is 0.294 e. The van der Waals surface area contributed by atoms with E-state index in [9.17, 15) is 26.7 Å². The number of hydrogen-bond donors (Lipinski definition) is 3. The molecule has 0 aliphatic carbocycles. The lowest BCUT2D eigenvalue weighted by atomic mass is 10.1. The van der Waals surface area contributed by atoms with Gasteiger partial charge in [-0.05, 0) is 74.5 Å². The molecule has 0 spiro atoms. The van der Waals surface area contributed by atoms with Crippen molar-refractivity contribution >= 4 is 43.6 Å². The van der Waals surface area contributed by atoms with Gasteiger partial charge in [-0.1, -0.05) is 6.08 Å². The van der Waals surface area contributed by atoms with Crippen LogP contribution in [0.25, 0.3) is 11.8 Å². The van der Waals surface area contributed by atoms with Crippen molar-refractivity contribution in [3.63, 3.8) is 0 Å². The summed E-state index contributed by atoms with van der Waals surface area (Å²) in [6.07, 6.45) is 4.58. The fraction of sp³-hybridized carbons (Fsp3) is 0.0870. The van der Waals surface area contributed by atoms with Crippen molar-refractivity contribution in [1.29, 1.82) is 0 Å². The van der Waals surface area contributed by atoms with Crippen molar-refractivity contribution in [2.75, 3.05) is 5.01 Å². The van der Waals surface area contributed by atoms with E-state index in [1.807, 2.05) is 0 Å². The monoisotopic (exact) mass is 544 g/mol. The summed E-state index contributed by atoms with van der Waals surface area (Å²) in [5, 5.41) is 20.2. The number of amides is 1. The van der Waals surface area contributed by atoms with Gasteiger partial charge in [-0.15, -0.1) is 0 Å². The molecule has 12 nitrogen and oxygen atoms in total. The zero-order valence-corrected chi connectivity index (χ0v) is 21.0. The molecule has 192 valence electrons. The molecule has 4 rings (SSSR count). The summed E-state index contributed by atoms with van der Waals surface area (Å²) in [4.78, 5) is 12.3. The van der Waals surface area contributed by atoms with Gasteiger partial charge < -0.3 is 5.11 Å². The lowest BCUT2D eigenvalue weighted by molar-refractivity contribution is -0.114. The summed E-state index contributed by atoms with van der Waals surface area (Å²) in [5.74, 6) is -0.687. The summed E-state index contributed by atoms with van der Waals surface area (Å²) in [5.41, 5.74) is 2.14. The van der Waals surface area contributed by atoms with Crippen LogP contribution in [0.4, 0.5) is 5.69 Å². The Labute approximate surface area is 212 Å². The number of benzene rings is 2. The first-order valence-electron chi connectivity index (χ1n) is 10.5. The Bertz CT molecular complexity index is 1700. The van der Waals surface area contributed by atoms with Crippen molar-refractivity contribution in [3.8, 4) is 11.6 Å². The van der Waals surface area contributed by atoms with Gasteiger partial charge in [0, 0.05) is 0 Å². The standard InChI is InChI=1S/C23H20N4O8S2/c1-14-20(22(28)26(24-14)16-6-10-18(11-7-16)36(30,31)32)4-3-5-21-15(2)25-27(23(21)29)17-8-12-19(13-9-17)37(33,34)35/h3-13,28H,1-2H3,(H,30,31,32)(H,33,34,35)/b4-3?,21-5-. The fourth-order valence-electron chi connectivity index (χ4n) is 3.55. The molecule has 0 radical (unpaired) electrons. The third kappa shape index (κ3) is 5.22. The topological polar surface area (TPSA) is 179 Å². The molecule has 3 N–H and O–H groups in total. The molecule has 0 unspecified atom stereocenters. The van der Waals surface area contributed by atoms with Crippen molar-refractivity contribution < 1.29 is 35.8 Å². The van der Waals surface area contributed by atoms with Crippen LogP contribution in [0.3, 0.4) is 0 Å². The molecule has 1 aromatic heterocycles. The predicted octanol–water partition coefficient (Wildman–Crippen LogP) is 2.74. The van der Waals surface area contributed by atoms with E-state index in [0.29, 0.717) is 28.3 Å². The van der Waals surface area contributed by atoms with Gasteiger partial charge in [0.1, 0.15) is 0 Å². The van der Waals surface area contributed by atoms with Gasteiger partial charge >= 0.3 is 0 Å². The summed E-state index contributed by atoms with van der Waals surface area (Å²) in [7, 11) is -8.73. The zero-order valence-electron chi connectivity index (χ0n) is 19.3. The molecule has 37 heavy (non-hydrogen) atoms. The third-order valence-corrected chi connectivity index (χ3v) is 7.16. The average molecular weight is 545 g/mol. The number of aromatic nitrogens is 2. The Morgan fingerprint density at radius 1 is 0.838 bits per heavy atom. The van der Waals surface area contributed by atoms with Crippen LogP contribution in [0.2, 0.25) is 0 Å². The first-order valence-corrected chi connectivity index (χ1v) is 13.4. The van der Waals surface area contributed by atoms with Crippen LogP contribution < -0.4 is 5.01 Å². The molecule has 0 saturated carbocycles. The summed E-state index contributed by atoms with van der Waals surface area (Å²) < 4.78 is 64.3. The Morgan fingerprint density at radius 3 is 1.86 bits per heavy atom. The first kappa shape index (κ1) is 26.0. The molecule has 2 heterocycles. The van der Waals surface area contributed by atoms with E-state index in [1.54, 1.807) is 13.8 Å². The molecule has 1 amide bonds. The van der Waals surface area contributed by atoms with Crippen LogP contribution in [0.5, 0.6) is 5.88 Å². The maximum atomic E-state index is 12.9. The largest absolute Gasteiger partial charge is 0.493 e. The van der Waals surface area contributed by atoms with E-state index in [4.69, 9.17) is 9.11 Å². The molecule has 1 aliphatic heterocycles.